The minimum atomic E-state index is 0.608. The molecule has 96 valence electrons. The van der Waals surface area contributed by atoms with E-state index < -0.39 is 0 Å². The van der Waals surface area contributed by atoms with Crippen molar-refractivity contribution in [2.75, 3.05) is 11.4 Å². The molecule has 1 aliphatic rings. The van der Waals surface area contributed by atoms with Crippen LogP contribution in [0.3, 0.4) is 0 Å². The van der Waals surface area contributed by atoms with Crippen molar-refractivity contribution in [3.63, 3.8) is 0 Å². The lowest BCUT2D eigenvalue weighted by Gasteiger charge is -2.36. The van der Waals surface area contributed by atoms with Crippen LogP contribution in [0.2, 0.25) is 0 Å². The van der Waals surface area contributed by atoms with Gasteiger partial charge in [0.25, 0.3) is 0 Å². The Hall–Kier alpha value is -1.01. The third-order valence-corrected chi connectivity index (χ3v) is 4.24. The summed E-state index contributed by atoms with van der Waals surface area (Å²) in [5, 5.41) is 9.29. The van der Waals surface area contributed by atoms with E-state index in [1.54, 1.807) is 0 Å². The van der Waals surface area contributed by atoms with E-state index in [4.69, 9.17) is 0 Å². The Labute approximate surface area is 118 Å². The molecule has 0 bridgehead atoms. The second-order valence-electron chi connectivity index (χ2n) is 4.85. The van der Waals surface area contributed by atoms with Crippen molar-refractivity contribution in [3.8, 4) is 6.07 Å². The van der Waals surface area contributed by atoms with E-state index in [1.807, 2.05) is 12.1 Å². The van der Waals surface area contributed by atoms with E-state index in [1.165, 1.54) is 32.1 Å². The van der Waals surface area contributed by atoms with Crippen LogP contribution in [0.1, 0.15) is 44.6 Å². The van der Waals surface area contributed by atoms with Gasteiger partial charge in [0, 0.05) is 17.1 Å². The van der Waals surface area contributed by atoms with Crippen LogP contribution in [0.5, 0.6) is 0 Å². The molecule has 0 heterocycles. The van der Waals surface area contributed by atoms with Gasteiger partial charge in [0.05, 0.1) is 11.3 Å². The first-order valence-corrected chi connectivity index (χ1v) is 7.52. The molecule has 0 spiro atoms. The zero-order valence-corrected chi connectivity index (χ0v) is 12.4. The molecule has 18 heavy (non-hydrogen) atoms. The maximum atomic E-state index is 9.29. The summed E-state index contributed by atoms with van der Waals surface area (Å²) in [4.78, 5) is 2.41. The van der Waals surface area contributed by atoms with Gasteiger partial charge in [-0.25, -0.2) is 0 Å². The summed E-state index contributed by atoms with van der Waals surface area (Å²) in [5.74, 6) is 0. The Kier molecular flexibility index (Phi) is 4.66. The highest BCUT2D eigenvalue weighted by molar-refractivity contribution is 9.10. The molecule has 2 rings (SSSR count). The van der Waals surface area contributed by atoms with Crippen LogP contribution >= 0.6 is 15.9 Å². The van der Waals surface area contributed by atoms with Gasteiger partial charge < -0.3 is 4.90 Å². The molecular formula is C15H19BrN2. The zero-order chi connectivity index (χ0) is 13.0. The number of benzene rings is 1. The molecule has 0 aromatic heterocycles. The first kappa shape index (κ1) is 13.4. The van der Waals surface area contributed by atoms with Crippen molar-refractivity contribution < 1.29 is 0 Å². The molecule has 1 aromatic rings. The average Bonchev–Trinajstić information content (AvgIpc) is 2.42. The first-order chi connectivity index (χ1) is 8.76. The van der Waals surface area contributed by atoms with Gasteiger partial charge in [0.1, 0.15) is 6.07 Å². The summed E-state index contributed by atoms with van der Waals surface area (Å²) < 4.78 is 0.975. The molecule has 1 aliphatic carbocycles. The lowest BCUT2D eigenvalue weighted by Crippen LogP contribution is -2.37. The number of nitriles is 1. The quantitative estimate of drug-likeness (QED) is 0.823. The van der Waals surface area contributed by atoms with Gasteiger partial charge in [-0.15, -0.1) is 0 Å². The third-order valence-electron chi connectivity index (χ3n) is 3.74. The van der Waals surface area contributed by atoms with Gasteiger partial charge in [-0.05, 0) is 38.0 Å². The average molecular weight is 307 g/mol. The van der Waals surface area contributed by atoms with Crippen molar-refractivity contribution in [1.82, 2.24) is 0 Å². The number of hydrogen-bond donors (Lipinski definition) is 0. The van der Waals surface area contributed by atoms with E-state index >= 15 is 0 Å². The molecule has 3 heteroatoms. The minimum absolute atomic E-state index is 0.608. The van der Waals surface area contributed by atoms with Crippen LogP contribution in [0, 0.1) is 11.3 Å². The van der Waals surface area contributed by atoms with Gasteiger partial charge in [-0.3, -0.25) is 0 Å². The lowest BCUT2D eigenvalue weighted by molar-refractivity contribution is 0.418. The Bertz CT molecular complexity index is 444. The number of hydrogen-bond acceptors (Lipinski definition) is 2. The van der Waals surface area contributed by atoms with E-state index in [2.05, 4.69) is 39.9 Å². The lowest BCUT2D eigenvalue weighted by atomic mass is 9.93. The molecule has 0 N–H and O–H groups in total. The van der Waals surface area contributed by atoms with Gasteiger partial charge in [0.15, 0.2) is 0 Å². The van der Waals surface area contributed by atoms with E-state index in [0.717, 1.165) is 22.3 Å². The van der Waals surface area contributed by atoms with Crippen LogP contribution in [0.15, 0.2) is 22.7 Å². The predicted octanol–water partition coefficient (Wildman–Crippen LogP) is 4.48. The Morgan fingerprint density at radius 2 is 2.06 bits per heavy atom. The summed E-state index contributed by atoms with van der Waals surface area (Å²) in [6.45, 7) is 3.15. The number of rotatable bonds is 3. The molecular weight excluding hydrogens is 288 g/mol. The number of nitrogens with zero attached hydrogens (tertiary/aromatic N) is 2. The topological polar surface area (TPSA) is 27.0 Å². The van der Waals surface area contributed by atoms with Crippen molar-refractivity contribution in [1.29, 1.82) is 5.26 Å². The largest absolute Gasteiger partial charge is 0.368 e. The van der Waals surface area contributed by atoms with Crippen LogP contribution in [-0.4, -0.2) is 12.6 Å². The predicted molar refractivity (Wildman–Crippen MR) is 78.8 cm³/mol. The molecule has 0 amide bonds. The highest BCUT2D eigenvalue weighted by Crippen LogP contribution is 2.30. The summed E-state index contributed by atoms with van der Waals surface area (Å²) in [6.07, 6.45) is 6.52. The molecule has 0 aliphatic heterocycles. The monoisotopic (exact) mass is 306 g/mol. The van der Waals surface area contributed by atoms with Crippen molar-refractivity contribution in [2.24, 2.45) is 0 Å². The summed E-state index contributed by atoms with van der Waals surface area (Å²) in [5.41, 5.74) is 1.87. The van der Waals surface area contributed by atoms with Crippen molar-refractivity contribution in [3.05, 3.63) is 28.2 Å². The SMILES string of the molecule is CCN(c1ccc(Br)cc1C#N)C1CCCCC1. The van der Waals surface area contributed by atoms with Crippen molar-refractivity contribution in [2.45, 2.75) is 45.1 Å². The number of anilines is 1. The zero-order valence-electron chi connectivity index (χ0n) is 10.8. The molecule has 0 atom stereocenters. The van der Waals surface area contributed by atoms with E-state index in [0.29, 0.717) is 6.04 Å². The Morgan fingerprint density at radius 1 is 1.33 bits per heavy atom. The molecule has 2 nitrogen and oxygen atoms in total. The smallest absolute Gasteiger partial charge is 0.101 e. The standard InChI is InChI=1S/C15H19BrN2/c1-2-18(14-6-4-3-5-7-14)15-9-8-13(16)10-12(15)11-17/h8-10,14H,2-7H2,1H3. The van der Waals surface area contributed by atoms with Crippen LogP contribution < -0.4 is 4.90 Å². The van der Waals surface area contributed by atoms with Crippen LogP contribution in [-0.2, 0) is 0 Å². The van der Waals surface area contributed by atoms with Crippen LogP contribution in [0.4, 0.5) is 5.69 Å². The molecule has 0 radical (unpaired) electrons. The fraction of sp³-hybridized carbons (Fsp3) is 0.533. The van der Waals surface area contributed by atoms with E-state index in [9.17, 15) is 5.26 Å². The molecule has 1 fully saturated rings. The summed E-state index contributed by atoms with van der Waals surface area (Å²) in [7, 11) is 0. The second-order valence-corrected chi connectivity index (χ2v) is 5.77. The second kappa shape index (κ2) is 6.24. The summed E-state index contributed by atoms with van der Waals surface area (Å²) >= 11 is 3.43. The van der Waals surface area contributed by atoms with Crippen molar-refractivity contribution >= 4 is 21.6 Å². The molecule has 0 unspecified atom stereocenters. The van der Waals surface area contributed by atoms with Gasteiger partial charge >= 0.3 is 0 Å². The van der Waals surface area contributed by atoms with Gasteiger partial charge in [0.2, 0.25) is 0 Å². The first-order valence-electron chi connectivity index (χ1n) is 6.72. The van der Waals surface area contributed by atoms with Crippen LogP contribution in [0.25, 0.3) is 0 Å². The normalized spacial score (nSPS) is 16.3. The van der Waals surface area contributed by atoms with E-state index in [-0.39, 0.29) is 0 Å². The third kappa shape index (κ3) is 2.87. The highest BCUT2D eigenvalue weighted by atomic mass is 79.9. The maximum Gasteiger partial charge on any atom is 0.101 e. The maximum absolute atomic E-state index is 9.29. The Morgan fingerprint density at radius 3 is 2.67 bits per heavy atom. The molecule has 1 saturated carbocycles. The molecule has 1 aromatic carbocycles. The van der Waals surface area contributed by atoms with Gasteiger partial charge in [-0.2, -0.15) is 5.26 Å². The highest BCUT2D eigenvalue weighted by Gasteiger charge is 2.22. The fourth-order valence-corrected chi connectivity index (χ4v) is 3.23. The minimum Gasteiger partial charge on any atom is -0.368 e. The Balaban J connectivity index is 2.29. The fourth-order valence-electron chi connectivity index (χ4n) is 2.87. The number of halogens is 1. The van der Waals surface area contributed by atoms with Gasteiger partial charge in [-0.1, -0.05) is 35.2 Å². The summed E-state index contributed by atoms with van der Waals surface area (Å²) in [6, 6.07) is 8.94. The molecule has 0 saturated heterocycles.